The number of hydrogen-bond acceptors (Lipinski definition) is 2. The number of hydrogen-bond donors (Lipinski definition) is 1. The minimum Gasteiger partial charge on any atom is -0.378 e. The summed E-state index contributed by atoms with van der Waals surface area (Å²) in [7, 11) is 0. The molecule has 1 fully saturated rings. The Labute approximate surface area is 85.5 Å². The van der Waals surface area contributed by atoms with Gasteiger partial charge in [-0.2, -0.15) is 0 Å². The fraction of sp³-hybridized carbons (Fsp3) is 0.727. The van der Waals surface area contributed by atoms with Crippen LogP contribution in [0.15, 0.2) is 12.7 Å². The van der Waals surface area contributed by atoms with Crippen molar-refractivity contribution < 1.29 is 9.53 Å². The molecule has 0 aliphatic heterocycles. The van der Waals surface area contributed by atoms with E-state index in [4.69, 9.17) is 4.74 Å². The van der Waals surface area contributed by atoms with Crippen LogP contribution in [0, 0.1) is 5.41 Å². The zero-order valence-electron chi connectivity index (χ0n) is 9.17. The van der Waals surface area contributed by atoms with Crippen LogP contribution in [0.4, 0.5) is 0 Å². The minimum absolute atomic E-state index is 0.0364. The summed E-state index contributed by atoms with van der Waals surface area (Å²) in [6.07, 6.45) is 2.48. The summed E-state index contributed by atoms with van der Waals surface area (Å²) in [5.74, 6) is -0.0991. The SMILES string of the molecule is C=CC(=O)NC1CC(OCC)C1(C)C. The summed E-state index contributed by atoms with van der Waals surface area (Å²) in [5.41, 5.74) is 0.0364. The molecule has 3 heteroatoms. The van der Waals surface area contributed by atoms with Gasteiger partial charge in [0.15, 0.2) is 0 Å². The second-order valence-corrected chi connectivity index (χ2v) is 4.27. The largest absolute Gasteiger partial charge is 0.378 e. The zero-order valence-corrected chi connectivity index (χ0v) is 9.17. The van der Waals surface area contributed by atoms with E-state index in [1.165, 1.54) is 6.08 Å². The van der Waals surface area contributed by atoms with E-state index in [-0.39, 0.29) is 23.5 Å². The topological polar surface area (TPSA) is 38.3 Å². The van der Waals surface area contributed by atoms with Crippen molar-refractivity contribution in [1.29, 1.82) is 0 Å². The van der Waals surface area contributed by atoms with Crippen molar-refractivity contribution in [3.63, 3.8) is 0 Å². The Kier molecular flexibility index (Phi) is 3.32. The van der Waals surface area contributed by atoms with Crippen molar-refractivity contribution >= 4 is 5.91 Å². The Hall–Kier alpha value is -0.830. The van der Waals surface area contributed by atoms with E-state index >= 15 is 0 Å². The first-order chi connectivity index (χ1) is 6.52. The van der Waals surface area contributed by atoms with Crippen LogP contribution >= 0.6 is 0 Å². The van der Waals surface area contributed by atoms with Crippen LogP contribution in [-0.2, 0) is 9.53 Å². The minimum atomic E-state index is -0.0991. The average Bonchev–Trinajstić information content (AvgIpc) is 2.16. The molecule has 1 aliphatic carbocycles. The molecule has 2 unspecified atom stereocenters. The number of rotatable bonds is 4. The second kappa shape index (κ2) is 4.13. The number of ether oxygens (including phenoxy) is 1. The Morgan fingerprint density at radius 2 is 2.36 bits per heavy atom. The average molecular weight is 197 g/mol. The number of nitrogens with one attached hydrogen (secondary N) is 1. The summed E-state index contributed by atoms with van der Waals surface area (Å²) < 4.78 is 5.56. The monoisotopic (exact) mass is 197 g/mol. The molecule has 0 aromatic rings. The van der Waals surface area contributed by atoms with E-state index in [1.54, 1.807) is 0 Å². The van der Waals surface area contributed by atoms with Gasteiger partial charge in [-0.3, -0.25) is 4.79 Å². The lowest BCUT2D eigenvalue weighted by molar-refractivity contribution is -0.133. The molecule has 0 aromatic carbocycles. The Bertz CT molecular complexity index is 235. The highest BCUT2D eigenvalue weighted by atomic mass is 16.5. The first kappa shape index (κ1) is 11.2. The third-order valence-electron chi connectivity index (χ3n) is 3.05. The summed E-state index contributed by atoms with van der Waals surface area (Å²) in [6, 6.07) is 0.213. The summed E-state index contributed by atoms with van der Waals surface area (Å²) in [5, 5.41) is 2.91. The lowest BCUT2D eigenvalue weighted by Gasteiger charge is -2.51. The van der Waals surface area contributed by atoms with Crippen molar-refractivity contribution in [2.24, 2.45) is 5.41 Å². The van der Waals surface area contributed by atoms with Crippen LogP contribution in [0.1, 0.15) is 27.2 Å². The first-order valence-corrected chi connectivity index (χ1v) is 5.07. The van der Waals surface area contributed by atoms with E-state index in [2.05, 4.69) is 25.7 Å². The highest BCUT2D eigenvalue weighted by molar-refractivity contribution is 5.87. The molecule has 0 saturated heterocycles. The smallest absolute Gasteiger partial charge is 0.243 e. The van der Waals surface area contributed by atoms with Gasteiger partial charge < -0.3 is 10.1 Å². The maximum atomic E-state index is 11.1. The van der Waals surface area contributed by atoms with E-state index in [1.807, 2.05) is 6.92 Å². The molecule has 1 aliphatic rings. The summed E-state index contributed by atoms with van der Waals surface area (Å²) in [6.45, 7) is 10.4. The molecule has 1 N–H and O–H groups in total. The van der Waals surface area contributed by atoms with Gasteiger partial charge in [0.25, 0.3) is 0 Å². The number of carbonyl (C=O) groups excluding carboxylic acids is 1. The first-order valence-electron chi connectivity index (χ1n) is 5.07. The molecule has 0 heterocycles. The molecule has 14 heavy (non-hydrogen) atoms. The van der Waals surface area contributed by atoms with E-state index in [0.717, 1.165) is 13.0 Å². The van der Waals surface area contributed by atoms with Crippen LogP contribution < -0.4 is 5.32 Å². The van der Waals surface area contributed by atoms with E-state index < -0.39 is 0 Å². The van der Waals surface area contributed by atoms with Crippen molar-refractivity contribution in [1.82, 2.24) is 5.32 Å². The van der Waals surface area contributed by atoms with Crippen molar-refractivity contribution in [2.45, 2.75) is 39.3 Å². The van der Waals surface area contributed by atoms with Gasteiger partial charge in [-0.15, -0.1) is 0 Å². The van der Waals surface area contributed by atoms with Crippen molar-refractivity contribution in [3.05, 3.63) is 12.7 Å². The molecule has 0 radical (unpaired) electrons. The highest BCUT2D eigenvalue weighted by Gasteiger charge is 2.49. The zero-order chi connectivity index (χ0) is 10.8. The third-order valence-corrected chi connectivity index (χ3v) is 3.05. The van der Waals surface area contributed by atoms with Gasteiger partial charge in [0.1, 0.15) is 0 Å². The summed E-state index contributed by atoms with van der Waals surface area (Å²) >= 11 is 0. The van der Waals surface area contributed by atoms with Crippen molar-refractivity contribution in [2.75, 3.05) is 6.61 Å². The molecule has 1 saturated carbocycles. The molecule has 80 valence electrons. The van der Waals surface area contributed by atoms with Gasteiger partial charge in [0, 0.05) is 18.1 Å². The molecule has 0 bridgehead atoms. The molecule has 1 rings (SSSR count). The highest BCUT2D eigenvalue weighted by Crippen LogP contribution is 2.42. The van der Waals surface area contributed by atoms with Crippen LogP contribution in [-0.4, -0.2) is 24.7 Å². The van der Waals surface area contributed by atoms with Gasteiger partial charge in [-0.1, -0.05) is 20.4 Å². The maximum Gasteiger partial charge on any atom is 0.243 e. The molecule has 3 nitrogen and oxygen atoms in total. The van der Waals surface area contributed by atoms with Crippen LogP contribution in [0.5, 0.6) is 0 Å². The van der Waals surface area contributed by atoms with E-state index in [0.29, 0.717) is 0 Å². The van der Waals surface area contributed by atoms with Gasteiger partial charge in [0.2, 0.25) is 5.91 Å². The van der Waals surface area contributed by atoms with Gasteiger partial charge in [0.05, 0.1) is 6.10 Å². The van der Waals surface area contributed by atoms with Crippen LogP contribution in [0.25, 0.3) is 0 Å². The lowest BCUT2D eigenvalue weighted by atomic mass is 9.64. The lowest BCUT2D eigenvalue weighted by Crippen LogP contribution is -2.61. The molecule has 1 amide bonds. The predicted octanol–water partition coefficient (Wildman–Crippen LogP) is 1.49. The molecular formula is C11H19NO2. The van der Waals surface area contributed by atoms with Crippen LogP contribution in [0.3, 0.4) is 0 Å². The number of amides is 1. The molecule has 2 atom stereocenters. The molecule has 0 aromatic heterocycles. The Balaban J connectivity index is 2.45. The predicted molar refractivity (Wildman–Crippen MR) is 55.9 cm³/mol. The fourth-order valence-electron chi connectivity index (χ4n) is 1.85. The Morgan fingerprint density at radius 1 is 1.71 bits per heavy atom. The number of carbonyl (C=O) groups is 1. The van der Waals surface area contributed by atoms with Gasteiger partial charge in [-0.25, -0.2) is 0 Å². The van der Waals surface area contributed by atoms with Gasteiger partial charge >= 0.3 is 0 Å². The standard InChI is InChI=1S/C11H19NO2/c1-5-10(13)12-8-7-9(14-6-2)11(8,3)4/h5,8-9H,1,6-7H2,2-4H3,(H,12,13). The van der Waals surface area contributed by atoms with Gasteiger partial charge in [-0.05, 0) is 19.4 Å². The third kappa shape index (κ3) is 1.98. The second-order valence-electron chi connectivity index (χ2n) is 4.27. The van der Waals surface area contributed by atoms with E-state index in [9.17, 15) is 4.79 Å². The normalized spacial score (nSPS) is 29.1. The maximum absolute atomic E-state index is 11.1. The van der Waals surface area contributed by atoms with Crippen LogP contribution in [0.2, 0.25) is 0 Å². The summed E-state index contributed by atoms with van der Waals surface area (Å²) in [4.78, 5) is 11.1. The van der Waals surface area contributed by atoms with Crippen molar-refractivity contribution in [3.8, 4) is 0 Å². The molecular weight excluding hydrogens is 178 g/mol. The quantitative estimate of drug-likeness (QED) is 0.693. The fourth-order valence-corrected chi connectivity index (χ4v) is 1.85. The Morgan fingerprint density at radius 3 is 2.79 bits per heavy atom. The molecule has 0 spiro atoms.